The molecule has 106 valence electrons. The quantitative estimate of drug-likeness (QED) is 0.836. The van der Waals surface area contributed by atoms with Gasteiger partial charge in [-0.2, -0.15) is 0 Å². The van der Waals surface area contributed by atoms with Gasteiger partial charge < -0.3 is 9.47 Å². The Kier molecular flexibility index (Phi) is 4.56. The zero-order valence-corrected chi connectivity index (χ0v) is 12.4. The highest BCUT2D eigenvalue weighted by atomic mass is 16.5. The number of benzene rings is 1. The summed E-state index contributed by atoms with van der Waals surface area (Å²) in [6.45, 7) is 4.11. The van der Waals surface area contributed by atoms with Crippen molar-refractivity contribution >= 4 is 0 Å². The van der Waals surface area contributed by atoms with Crippen LogP contribution < -0.4 is 9.47 Å². The first-order valence-electron chi connectivity index (χ1n) is 6.75. The minimum absolute atomic E-state index is 0.784. The molecule has 0 spiro atoms. The Balaban J connectivity index is 2.54. The lowest BCUT2D eigenvalue weighted by atomic mass is 10.1. The van der Waals surface area contributed by atoms with Gasteiger partial charge in [0.15, 0.2) is 0 Å². The van der Waals surface area contributed by atoms with Crippen LogP contribution in [0.25, 0.3) is 11.3 Å². The Morgan fingerprint density at radius 2 is 1.85 bits per heavy atom. The summed E-state index contributed by atoms with van der Waals surface area (Å²) in [6, 6.07) is 7.68. The fraction of sp³-hybridized carbons (Fsp3) is 0.375. The Hall–Kier alpha value is -2.10. The lowest BCUT2D eigenvalue weighted by molar-refractivity contribution is 0.404. The van der Waals surface area contributed by atoms with Crippen molar-refractivity contribution in [2.75, 3.05) is 14.2 Å². The number of aryl methyl sites for hydroxylation is 2. The number of rotatable bonds is 5. The molecule has 0 saturated carbocycles. The van der Waals surface area contributed by atoms with Crippen molar-refractivity contribution in [1.82, 2.24) is 9.97 Å². The van der Waals surface area contributed by atoms with Gasteiger partial charge in [-0.25, -0.2) is 9.97 Å². The van der Waals surface area contributed by atoms with Gasteiger partial charge in [0.1, 0.15) is 17.3 Å². The molecule has 0 saturated heterocycles. The fourth-order valence-electron chi connectivity index (χ4n) is 2.12. The average Bonchev–Trinajstić information content (AvgIpc) is 2.46. The Morgan fingerprint density at radius 3 is 2.50 bits per heavy atom. The topological polar surface area (TPSA) is 44.2 Å². The average molecular weight is 272 g/mol. The molecule has 0 aliphatic rings. The molecule has 0 fully saturated rings. The van der Waals surface area contributed by atoms with E-state index in [0.717, 1.165) is 47.1 Å². The van der Waals surface area contributed by atoms with Gasteiger partial charge in [0, 0.05) is 17.7 Å². The summed E-state index contributed by atoms with van der Waals surface area (Å²) < 4.78 is 10.7. The van der Waals surface area contributed by atoms with Crippen LogP contribution in [0, 0.1) is 6.92 Å². The summed E-state index contributed by atoms with van der Waals surface area (Å²) in [6.07, 6.45) is 1.90. The highest BCUT2D eigenvalue weighted by Gasteiger charge is 2.11. The maximum absolute atomic E-state index is 5.42. The smallest absolute Gasteiger partial charge is 0.129 e. The SMILES string of the molecule is CCCc1nc(C)cc(-c2cc(OC)ccc2OC)n1. The molecular weight excluding hydrogens is 252 g/mol. The molecule has 20 heavy (non-hydrogen) atoms. The van der Waals surface area contributed by atoms with Gasteiger partial charge in [-0.1, -0.05) is 6.92 Å². The van der Waals surface area contributed by atoms with Gasteiger partial charge in [-0.15, -0.1) is 0 Å². The van der Waals surface area contributed by atoms with Crippen LogP contribution in [0.1, 0.15) is 24.9 Å². The molecule has 0 bridgehead atoms. The number of methoxy groups -OCH3 is 2. The molecule has 0 N–H and O–H groups in total. The maximum atomic E-state index is 5.42. The molecule has 0 aliphatic carbocycles. The summed E-state index contributed by atoms with van der Waals surface area (Å²) in [5.74, 6) is 2.44. The molecule has 2 aromatic rings. The summed E-state index contributed by atoms with van der Waals surface area (Å²) in [5.41, 5.74) is 2.76. The van der Waals surface area contributed by atoms with Gasteiger partial charge >= 0.3 is 0 Å². The van der Waals surface area contributed by atoms with E-state index in [9.17, 15) is 0 Å². The minimum atomic E-state index is 0.784. The predicted octanol–water partition coefficient (Wildman–Crippen LogP) is 3.42. The van der Waals surface area contributed by atoms with E-state index in [1.165, 1.54) is 0 Å². The molecule has 1 heterocycles. The molecule has 0 atom stereocenters. The highest BCUT2D eigenvalue weighted by molar-refractivity contribution is 5.69. The molecule has 2 rings (SSSR count). The molecule has 0 unspecified atom stereocenters. The Labute approximate surface area is 119 Å². The second-order valence-corrected chi connectivity index (χ2v) is 4.63. The van der Waals surface area contributed by atoms with Crippen molar-refractivity contribution in [1.29, 1.82) is 0 Å². The Morgan fingerprint density at radius 1 is 1.05 bits per heavy atom. The molecule has 0 amide bonds. The molecule has 0 radical (unpaired) electrons. The van der Waals surface area contributed by atoms with Crippen molar-refractivity contribution in [3.8, 4) is 22.8 Å². The minimum Gasteiger partial charge on any atom is -0.497 e. The molecule has 4 heteroatoms. The lowest BCUT2D eigenvalue weighted by Crippen LogP contribution is -2.00. The van der Waals surface area contributed by atoms with Crippen molar-refractivity contribution in [2.24, 2.45) is 0 Å². The van der Waals surface area contributed by atoms with Crippen LogP contribution in [0.4, 0.5) is 0 Å². The van der Waals surface area contributed by atoms with Crippen LogP contribution in [-0.2, 0) is 6.42 Å². The summed E-state index contributed by atoms with van der Waals surface area (Å²) in [5, 5.41) is 0. The largest absolute Gasteiger partial charge is 0.497 e. The van der Waals surface area contributed by atoms with Crippen LogP contribution in [0.15, 0.2) is 24.3 Å². The van der Waals surface area contributed by atoms with E-state index >= 15 is 0 Å². The second kappa shape index (κ2) is 6.37. The van der Waals surface area contributed by atoms with Gasteiger partial charge in [-0.05, 0) is 37.6 Å². The first kappa shape index (κ1) is 14.3. The van der Waals surface area contributed by atoms with Gasteiger partial charge in [-0.3, -0.25) is 0 Å². The van der Waals surface area contributed by atoms with Crippen LogP contribution in [0.3, 0.4) is 0 Å². The van der Waals surface area contributed by atoms with E-state index in [0.29, 0.717) is 0 Å². The van der Waals surface area contributed by atoms with Gasteiger partial charge in [0.2, 0.25) is 0 Å². The summed E-state index contributed by atoms with van der Waals surface area (Å²) >= 11 is 0. The zero-order chi connectivity index (χ0) is 14.5. The third-order valence-corrected chi connectivity index (χ3v) is 3.06. The van der Waals surface area contributed by atoms with E-state index in [2.05, 4.69) is 16.9 Å². The van der Waals surface area contributed by atoms with Crippen LogP contribution >= 0.6 is 0 Å². The highest BCUT2D eigenvalue weighted by Crippen LogP contribution is 2.32. The first-order valence-corrected chi connectivity index (χ1v) is 6.75. The van der Waals surface area contributed by atoms with Crippen molar-refractivity contribution in [3.05, 3.63) is 35.8 Å². The number of nitrogens with zero attached hydrogens (tertiary/aromatic N) is 2. The Bertz CT molecular complexity index is 597. The predicted molar refractivity (Wildman–Crippen MR) is 79.3 cm³/mol. The molecule has 1 aromatic carbocycles. The number of ether oxygens (including phenoxy) is 2. The normalized spacial score (nSPS) is 10.4. The molecule has 0 aliphatic heterocycles. The van der Waals surface area contributed by atoms with Crippen LogP contribution in [-0.4, -0.2) is 24.2 Å². The van der Waals surface area contributed by atoms with Gasteiger partial charge in [0.05, 0.1) is 19.9 Å². The van der Waals surface area contributed by atoms with Crippen molar-refractivity contribution in [3.63, 3.8) is 0 Å². The van der Waals surface area contributed by atoms with E-state index in [4.69, 9.17) is 9.47 Å². The molecule has 1 aromatic heterocycles. The standard InChI is InChI=1S/C16H20N2O2/c1-5-6-16-17-11(2)9-14(18-16)13-10-12(19-3)7-8-15(13)20-4/h7-10H,5-6H2,1-4H3. The van der Waals surface area contributed by atoms with E-state index in [1.54, 1.807) is 14.2 Å². The van der Waals surface area contributed by atoms with E-state index < -0.39 is 0 Å². The van der Waals surface area contributed by atoms with E-state index in [1.807, 2.05) is 31.2 Å². The van der Waals surface area contributed by atoms with Crippen molar-refractivity contribution in [2.45, 2.75) is 26.7 Å². The van der Waals surface area contributed by atoms with E-state index in [-0.39, 0.29) is 0 Å². The fourth-order valence-corrected chi connectivity index (χ4v) is 2.12. The third kappa shape index (κ3) is 3.07. The summed E-state index contributed by atoms with van der Waals surface area (Å²) in [4.78, 5) is 9.09. The number of hydrogen-bond acceptors (Lipinski definition) is 4. The third-order valence-electron chi connectivity index (χ3n) is 3.06. The second-order valence-electron chi connectivity index (χ2n) is 4.63. The monoisotopic (exact) mass is 272 g/mol. The molecule has 4 nitrogen and oxygen atoms in total. The molecular formula is C16H20N2O2. The lowest BCUT2D eigenvalue weighted by Gasteiger charge is -2.11. The zero-order valence-electron chi connectivity index (χ0n) is 12.4. The number of aromatic nitrogens is 2. The van der Waals surface area contributed by atoms with Gasteiger partial charge in [0.25, 0.3) is 0 Å². The first-order chi connectivity index (χ1) is 9.67. The maximum Gasteiger partial charge on any atom is 0.129 e. The van der Waals surface area contributed by atoms with Crippen molar-refractivity contribution < 1.29 is 9.47 Å². The van der Waals surface area contributed by atoms with Crippen LogP contribution in [0.2, 0.25) is 0 Å². The van der Waals surface area contributed by atoms with Crippen LogP contribution in [0.5, 0.6) is 11.5 Å². The number of hydrogen-bond donors (Lipinski definition) is 0. The summed E-state index contributed by atoms with van der Waals surface area (Å²) in [7, 11) is 3.31.